The van der Waals surface area contributed by atoms with Gasteiger partial charge in [0.2, 0.25) is 5.91 Å². The molecule has 1 aromatic heterocycles. The molecule has 2 aliphatic rings. The maximum Gasteiger partial charge on any atom is 0.222 e. The molecule has 23 heavy (non-hydrogen) atoms. The van der Waals surface area contributed by atoms with E-state index < -0.39 is 0 Å². The molecule has 3 rings (SSSR count). The fourth-order valence-electron chi connectivity index (χ4n) is 3.62. The summed E-state index contributed by atoms with van der Waals surface area (Å²) >= 11 is 0. The van der Waals surface area contributed by atoms with Crippen LogP contribution in [0.15, 0.2) is 12.4 Å². The van der Waals surface area contributed by atoms with Gasteiger partial charge in [-0.3, -0.25) is 4.79 Å². The highest BCUT2D eigenvalue weighted by Gasteiger charge is 2.26. The molecule has 0 aliphatic carbocycles. The Morgan fingerprint density at radius 1 is 1.26 bits per heavy atom. The molecule has 2 aliphatic heterocycles. The van der Waals surface area contributed by atoms with Crippen molar-refractivity contribution in [2.45, 2.75) is 38.6 Å². The van der Waals surface area contributed by atoms with Gasteiger partial charge in [-0.2, -0.15) is 0 Å². The average Bonchev–Trinajstić information content (AvgIpc) is 2.53. The number of aromatic nitrogens is 2. The minimum atomic E-state index is 0.296. The fourth-order valence-corrected chi connectivity index (χ4v) is 3.62. The number of hydrogen-bond acceptors (Lipinski definition) is 5. The lowest BCUT2D eigenvalue weighted by molar-refractivity contribution is -0.133. The molecular formula is C17H27N5O. The number of carbonyl (C=O) groups is 1. The topological polar surface area (TPSA) is 61.4 Å². The molecule has 1 aromatic rings. The number of hydrogen-bond donors (Lipinski definition) is 1. The second-order valence-corrected chi connectivity index (χ2v) is 6.94. The van der Waals surface area contributed by atoms with Gasteiger partial charge in [-0.15, -0.1) is 0 Å². The Balaban J connectivity index is 1.43. The van der Waals surface area contributed by atoms with E-state index in [0.717, 1.165) is 57.0 Å². The Morgan fingerprint density at radius 2 is 2.04 bits per heavy atom. The quantitative estimate of drug-likeness (QED) is 0.912. The summed E-state index contributed by atoms with van der Waals surface area (Å²) in [6.45, 7) is 6.27. The molecular weight excluding hydrogens is 290 g/mol. The molecule has 1 amide bonds. The van der Waals surface area contributed by atoms with E-state index in [0.29, 0.717) is 24.3 Å². The van der Waals surface area contributed by atoms with E-state index in [1.165, 1.54) is 0 Å². The van der Waals surface area contributed by atoms with Crippen molar-refractivity contribution in [1.82, 2.24) is 19.8 Å². The molecule has 2 fully saturated rings. The van der Waals surface area contributed by atoms with Gasteiger partial charge in [0, 0.05) is 57.4 Å². The third kappa shape index (κ3) is 4.41. The minimum Gasteiger partial charge on any atom is -0.367 e. The van der Waals surface area contributed by atoms with Crippen LogP contribution in [0, 0.1) is 12.8 Å². The second kappa shape index (κ2) is 7.25. The SMILES string of the molecule is Cc1cc(NC2CCN(CC3CCC(=O)N(C)C3)CC2)ncn1. The Morgan fingerprint density at radius 3 is 2.74 bits per heavy atom. The van der Waals surface area contributed by atoms with E-state index in [-0.39, 0.29) is 0 Å². The number of nitrogens with one attached hydrogen (secondary N) is 1. The maximum absolute atomic E-state index is 11.6. The van der Waals surface area contributed by atoms with Gasteiger partial charge < -0.3 is 15.1 Å². The van der Waals surface area contributed by atoms with E-state index in [4.69, 9.17) is 0 Å². The lowest BCUT2D eigenvalue weighted by Gasteiger charge is -2.37. The van der Waals surface area contributed by atoms with E-state index in [1.54, 1.807) is 6.33 Å². The number of rotatable bonds is 4. The summed E-state index contributed by atoms with van der Waals surface area (Å²) in [5, 5.41) is 3.53. The van der Waals surface area contributed by atoms with Crippen LogP contribution >= 0.6 is 0 Å². The van der Waals surface area contributed by atoms with Gasteiger partial charge in [-0.1, -0.05) is 0 Å². The summed E-state index contributed by atoms with van der Waals surface area (Å²) in [6.07, 6.45) is 5.66. The lowest BCUT2D eigenvalue weighted by Crippen LogP contribution is -2.45. The zero-order valence-electron chi connectivity index (χ0n) is 14.2. The Hall–Kier alpha value is -1.69. The number of anilines is 1. The Labute approximate surface area is 138 Å². The monoisotopic (exact) mass is 317 g/mol. The number of likely N-dealkylation sites (tertiary alicyclic amines) is 2. The van der Waals surface area contributed by atoms with Crippen molar-refractivity contribution in [3.8, 4) is 0 Å². The van der Waals surface area contributed by atoms with Crippen molar-refractivity contribution in [2.75, 3.05) is 38.5 Å². The van der Waals surface area contributed by atoms with E-state index in [9.17, 15) is 4.79 Å². The predicted molar refractivity (Wildman–Crippen MR) is 90.2 cm³/mol. The van der Waals surface area contributed by atoms with Crippen LogP contribution in [0.2, 0.25) is 0 Å². The van der Waals surface area contributed by atoms with Gasteiger partial charge in [0.15, 0.2) is 0 Å². The first kappa shape index (κ1) is 16.2. The van der Waals surface area contributed by atoms with Crippen LogP contribution in [0.4, 0.5) is 5.82 Å². The van der Waals surface area contributed by atoms with Crippen LogP contribution in [0.5, 0.6) is 0 Å². The number of piperidine rings is 2. The van der Waals surface area contributed by atoms with Crippen molar-refractivity contribution in [3.05, 3.63) is 18.1 Å². The molecule has 1 N–H and O–H groups in total. The molecule has 0 saturated carbocycles. The van der Waals surface area contributed by atoms with Crippen LogP contribution in [0.25, 0.3) is 0 Å². The van der Waals surface area contributed by atoms with Gasteiger partial charge in [0.05, 0.1) is 0 Å². The van der Waals surface area contributed by atoms with E-state index >= 15 is 0 Å². The first-order valence-corrected chi connectivity index (χ1v) is 8.61. The largest absolute Gasteiger partial charge is 0.367 e. The lowest BCUT2D eigenvalue weighted by atomic mass is 9.96. The first-order chi connectivity index (χ1) is 11.1. The van der Waals surface area contributed by atoms with Gasteiger partial charge in [0.1, 0.15) is 12.1 Å². The summed E-state index contributed by atoms with van der Waals surface area (Å²) in [5.74, 6) is 1.86. The average molecular weight is 317 g/mol. The van der Waals surface area contributed by atoms with Crippen LogP contribution in [-0.4, -0.2) is 64.9 Å². The minimum absolute atomic E-state index is 0.296. The van der Waals surface area contributed by atoms with Gasteiger partial charge in [0.25, 0.3) is 0 Å². The zero-order chi connectivity index (χ0) is 16.2. The van der Waals surface area contributed by atoms with Crippen LogP contribution in [0.1, 0.15) is 31.4 Å². The standard InChI is InChI=1S/C17H27N5O/c1-13-9-16(19-12-18-13)20-15-5-7-22(8-6-15)11-14-3-4-17(23)21(2)10-14/h9,12,14-15H,3-8,10-11H2,1-2H3,(H,18,19,20). The van der Waals surface area contributed by atoms with Crippen molar-refractivity contribution >= 4 is 11.7 Å². The molecule has 3 heterocycles. The number of carbonyl (C=O) groups excluding carboxylic acids is 1. The highest BCUT2D eigenvalue weighted by molar-refractivity contribution is 5.76. The molecule has 0 radical (unpaired) electrons. The van der Waals surface area contributed by atoms with Crippen molar-refractivity contribution in [2.24, 2.45) is 5.92 Å². The fraction of sp³-hybridized carbons (Fsp3) is 0.706. The third-order valence-electron chi connectivity index (χ3n) is 4.98. The molecule has 126 valence electrons. The van der Waals surface area contributed by atoms with Crippen LogP contribution in [-0.2, 0) is 4.79 Å². The van der Waals surface area contributed by atoms with E-state index in [1.807, 2.05) is 24.9 Å². The zero-order valence-corrected chi connectivity index (χ0v) is 14.2. The number of amides is 1. The highest BCUT2D eigenvalue weighted by Crippen LogP contribution is 2.21. The number of nitrogens with zero attached hydrogens (tertiary/aromatic N) is 4. The molecule has 0 spiro atoms. The van der Waals surface area contributed by atoms with Gasteiger partial charge in [-0.25, -0.2) is 9.97 Å². The molecule has 1 atom stereocenters. The van der Waals surface area contributed by atoms with Crippen molar-refractivity contribution < 1.29 is 4.79 Å². The molecule has 2 saturated heterocycles. The third-order valence-corrected chi connectivity index (χ3v) is 4.98. The second-order valence-electron chi connectivity index (χ2n) is 6.94. The van der Waals surface area contributed by atoms with Gasteiger partial charge in [-0.05, 0) is 32.1 Å². The predicted octanol–water partition coefficient (Wildman–Crippen LogP) is 1.53. The summed E-state index contributed by atoms with van der Waals surface area (Å²) < 4.78 is 0. The molecule has 0 bridgehead atoms. The molecule has 6 nitrogen and oxygen atoms in total. The Bertz CT molecular complexity index is 542. The molecule has 1 unspecified atom stereocenters. The summed E-state index contributed by atoms with van der Waals surface area (Å²) in [4.78, 5) is 24.4. The normalized spacial score (nSPS) is 24.0. The first-order valence-electron chi connectivity index (χ1n) is 8.61. The van der Waals surface area contributed by atoms with E-state index in [2.05, 4.69) is 20.2 Å². The highest BCUT2D eigenvalue weighted by atomic mass is 16.2. The smallest absolute Gasteiger partial charge is 0.222 e. The summed E-state index contributed by atoms with van der Waals surface area (Å²) in [7, 11) is 1.92. The Kier molecular flexibility index (Phi) is 5.10. The number of aryl methyl sites for hydroxylation is 1. The van der Waals surface area contributed by atoms with Crippen LogP contribution in [0.3, 0.4) is 0 Å². The molecule has 0 aromatic carbocycles. The van der Waals surface area contributed by atoms with Crippen LogP contribution < -0.4 is 5.32 Å². The van der Waals surface area contributed by atoms with Crippen molar-refractivity contribution in [1.29, 1.82) is 0 Å². The summed E-state index contributed by atoms with van der Waals surface area (Å²) in [6, 6.07) is 2.50. The maximum atomic E-state index is 11.6. The van der Waals surface area contributed by atoms with Crippen molar-refractivity contribution in [3.63, 3.8) is 0 Å². The van der Waals surface area contributed by atoms with Gasteiger partial charge >= 0.3 is 0 Å². The summed E-state index contributed by atoms with van der Waals surface area (Å²) in [5.41, 5.74) is 0.996. The molecule has 6 heteroatoms.